The second-order valence-corrected chi connectivity index (χ2v) is 4.13. The molecule has 2 N–H and O–H groups in total. The van der Waals surface area contributed by atoms with E-state index in [0.29, 0.717) is 0 Å². The van der Waals surface area contributed by atoms with Crippen LogP contribution in [0.5, 0.6) is 0 Å². The smallest absolute Gasteiger partial charge is 0.412 e. The van der Waals surface area contributed by atoms with Gasteiger partial charge in [-0.1, -0.05) is 0 Å². The van der Waals surface area contributed by atoms with Crippen LogP contribution >= 0.6 is 0 Å². The molecule has 0 spiro atoms. The minimum absolute atomic E-state index is 0. The molecular weight excluding hydrogens is 211 g/mol. The van der Waals surface area contributed by atoms with E-state index < -0.39 is 32.9 Å². The summed E-state index contributed by atoms with van der Waals surface area (Å²) >= 11 is -1.05. The summed E-state index contributed by atoms with van der Waals surface area (Å²) in [6.45, 7) is 0. The van der Waals surface area contributed by atoms with Gasteiger partial charge in [-0.25, -0.2) is 0 Å². The summed E-state index contributed by atoms with van der Waals surface area (Å²) in [7, 11) is 3.36. The van der Waals surface area contributed by atoms with Crippen molar-refractivity contribution >= 4 is 0 Å². The molecule has 0 aliphatic heterocycles. The number of rotatable bonds is 2. The molecule has 3 nitrogen and oxygen atoms in total. The quantitative estimate of drug-likeness (QED) is 0.620. The fourth-order valence-electron chi connectivity index (χ4n) is 0.0962. The van der Waals surface area contributed by atoms with E-state index in [1.807, 2.05) is 0 Å². The van der Waals surface area contributed by atoms with Crippen LogP contribution in [0.1, 0.15) is 0 Å². The Morgan fingerprint density at radius 2 is 1.50 bits per heavy atom. The summed E-state index contributed by atoms with van der Waals surface area (Å²) in [6.07, 6.45) is 0. The van der Waals surface area contributed by atoms with Crippen LogP contribution in [0, 0.1) is 32.9 Å². The van der Waals surface area contributed by atoms with Crippen LogP contribution in [0.25, 0.3) is 0 Å². The van der Waals surface area contributed by atoms with Crippen LogP contribution in [0.2, 0.25) is 0 Å². The summed E-state index contributed by atoms with van der Waals surface area (Å²) in [5.41, 5.74) is 0. The monoisotopic (exact) mass is 219 g/mol. The molecule has 0 heterocycles. The maximum atomic E-state index is 4.68. The first-order valence-electron chi connectivity index (χ1n) is 1.29. The van der Waals surface area contributed by atoms with Gasteiger partial charge in [-0.2, -0.15) is 0 Å². The van der Waals surface area contributed by atoms with E-state index >= 15 is 0 Å². The van der Waals surface area contributed by atoms with Crippen LogP contribution in [-0.4, -0.2) is 19.7 Å². The predicted octanol–water partition coefficient (Wildman–Crippen LogP) is -0.630. The molecule has 37 valence electrons. The van der Waals surface area contributed by atoms with Gasteiger partial charge in [0.25, 0.3) is 0 Å². The molecule has 0 aromatic heterocycles. The largest absolute Gasteiger partial charge is 0.412 e. The van der Waals surface area contributed by atoms with Gasteiger partial charge in [-0.3, -0.25) is 0 Å². The molecule has 0 rings (SSSR count). The molecular formula is C2H8LaO3. The first-order valence-corrected chi connectivity index (χ1v) is 4.25. The average Bonchev–Trinajstić information content (AvgIpc) is 1.41. The minimum Gasteiger partial charge on any atom is -0.412 e. The molecule has 0 unspecified atom stereocenters. The fourth-order valence-corrected chi connectivity index (χ4v) is 0.701. The molecule has 0 saturated heterocycles. The Bertz CT molecular complexity index is 16.3. The molecule has 0 saturated carbocycles. The summed E-state index contributed by atoms with van der Waals surface area (Å²) in [5, 5.41) is 0. The zero-order chi connectivity index (χ0) is 4.12. The van der Waals surface area contributed by atoms with E-state index in [1.54, 1.807) is 14.2 Å². The first kappa shape index (κ1) is 10.1. The molecule has 0 amide bonds. The third-order valence-corrected chi connectivity index (χ3v) is 1.40. The zero-order valence-electron chi connectivity index (χ0n) is 3.89. The summed E-state index contributed by atoms with van der Waals surface area (Å²) in [6, 6.07) is 0. The fraction of sp³-hybridized carbons (Fsp3) is 1.00. The molecule has 0 fully saturated rings. The Morgan fingerprint density at radius 3 is 1.50 bits per heavy atom. The third-order valence-electron chi connectivity index (χ3n) is 0.192. The van der Waals surface area contributed by atoms with Gasteiger partial charge in [0, 0.05) is 0 Å². The summed E-state index contributed by atoms with van der Waals surface area (Å²) in [4.78, 5) is 0. The molecule has 0 atom stereocenters. The van der Waals surface area contributed by atoms with Crippen LogP contribution in [0.3, 0.4) is 0 Å². The van der Waals surface area contributed by atoms with Crippen LogP contribution in [-0.2, 0) is 3.41 Å². The standard InChI is InChI=1S/2CH3O.La.H2O/c2*1-2;;/h2*1H3;;1H2/q2*-1;+2;. The van der Waals surface area contributed by atoms with Gasteiger partial charge in [0.05, 0.1) is 0 Å². The molecule has 0 aliphatic rings. The van der Waals surface area contributed by atoms with Crippen molar-refractivity contribution in [2.75, 3.05) is 14.2 Å². The molecule has 0 aromatic rings. The van der Waals surface area contributed by atoms with Crippen LogP contribution in [0.4, 0.5) is 0 Å². The third kappa shape index (κ3) is 8.91. The SMILES string of the molecule is C[O][La][O]C.O. The minimum atomic E-state index is -1.05. The first-order chi connectivity index (χ1) is 2.41. The van der Waals surface area contributed by atoms with Crippen molar-refractivity contribution in [3.05, 3.63) is 0 Å². The summed E-state index contributed by atoms with van der Waals surface area (Å²) < 4.78 is 9.35. The number of hydrogen-bond acceptors (Lipinski definition) is 2. The van der Waals surface area contributed by atoms with E-state index in [0.717, 1.165) is 0 Å². The van der Waals surface area contributed by atoms with Crippen molar-refractivity contribution in [2.45, 2.75) is 0 Å². The van der Waals surface area contributed by atoms with Gasteiger partial charge in [0.15, 0.2) is 0 Å². The van der Waals surface area contributed by atoms with Gasteiger partial charge < -0.3 is 5.48 Å². The van der Waals surface area contributed by atoms with E-state index in [2.05, 4.69) is 3.41 Å². The van der Waals surface area contributed by atoms with E-state index in [9.17, 15) is 0 Å². The van der Waals surface area contributed by atoms with Crippen LogP contribution < -0.4 is 0 Å². The van der Waals surface area contributed by atoms with Crippen molar-refractivity contribution < 1.29 is 41.8 Å². The van der Waals surface area contributed by atoms with Gasteiger partial charge in [0.2, 0.25) is 0 Å². The Balaban J connectivity index is 0. The normalized spacial score (nSPS) is 5.67. The molecule has 4 heteroatoms. The Hall–Kier alpha value is 1.07. The second-order valence-electron chi connectivity index (χ2n) is 0.568. The van der Waals surface area contributed by atoms with Gasteiger partial charge in [0.1, 0.15) is 0 Å². The average molecular weight is 219 g/mol. The predicted molar refractivity (Wildman–Crippen MR) is 17.6 cm³/mol. The molecule has 0 bridgehead atoms. The number of hydrogen-bond donors (Lipinski definition) is 0. The molecule has 0 aliphatic carbocycles. The van der Waals surface area contributed by atoms with Gasteiger partial charge in [-0.05, 0) is 0 Å². The maximum absolute atomic E-state index is 4.68. The van der Waals surface area contributed by atoms with Crippen molar-refractivity contribution in [3.63, 3.8) is 0 Å². The van der Waals surface area contributed by atoms with Crippen LogP contribution in [0.15, 0.2) is 0 Å². The Morgan fingerprint density at radius 1 is 1.17 bits per heavy atom. The Kier molecular flexibility index (Phi) is 15.9. The molecule has 0 aromatic carbocycles. The molecule has 6 heavy (non-hydrogen) atoms. The zero-order valence-corrected chi connectivity index (χ0v) is 7.52. The summed E-state index contributed by atoms with van der Waals surface area (Å²) in [5.74, 6) is 0. The van der Waals surface area contributed by atoms with Crippen molar-refractivity contribution in [2.24, 2.45) is 0 Å². The van der Waals surface area contributed by atoms with E-state index in [-0.39, 0.29) is 5.48 Å². The van der Waals surface area contributed by atoms with Gasteiger partial charge in [-0.15, -0.1) is 0 Å². The van der Waals surface area contributed by atoms with Crippen molar-refractivity contribution in [1.82, 2.24) is 0 Å². The molecule has 0 radical (unpaired) electrons. The topological polar surface area (TPSA) is 50.0 Å². The second kappa shape index (κ2) is 9.42. The van der Waals surface area contributed by atoms with Gasteiger partial charge >= 0.3 is 50.6 Å². The van der Waals surface area contributed by atoms with E-state index in [4.69, 9.17) is 0 Å². The maximum Gasteiger partial charge on any atom is -0.412 e. The van der Waals surface area contributed by atoms with E-state index in [1.165, 1.54) is 0 Å². The Labute approximate surface area is 55.8 Å². The van der Waals surface area contributed by atoms with Crippen molar-refractivity contribution in [3.8, 4) is 0 Å². The van der Waals surface area contributed by atoms with Crippen molar-refractivity contribution in [1.29, 1.82) is 0 Å².